The van der Waals surface area contributed by atoms with Gasteiger partial charge in [0.25, 0.3) is 10.0 Å². The van der Waals surface area contributed by atoms with Gasteiger partial charge in [-0.3, -0.25) is 4.72 Å². The lowest BCUT2D eigenvalue weighted by molar-refractivity contribution is 0.477. The number of sulfonamides is 1. The summed E-state index contributed by atoms with van der Waals surface area (Å²) in [6, 6.07) is 10.7. The van der Waals surface area contributed by atoms with Crippen molar-refractivity contribution in [3.05, 3.63) is 53.1 Å². The summed E-state index contributed by atoms with van der Waals surface area (Å²) in [7, 11) is -3.73. The maximum atomic E-state index is 12.1. The minimum absolute atomic E-state index is 0.0550. The molecule has 0 fully saturated rings. The van der Waals surface area contributed by atoms with Crippen LogP contribution in [0.5, 0.6) is 5.75 Å². The van der Waals surface area contributed by atoms with Crippen molar-refractivity contribution < 1.29 is 13.5 Å². The van der Waals surface area contributed by atoms with E-state index < -0.39 is 10.0 Å². The monoisotopic (exact) mass is 297 g/mol. The second-order valence-electron chi connectivity index (χ2n) is 4.04. The van der Waals surface area contributed by atoms with Crippen LogP contribution in [0.4, 0.5) is 5.69 Å². The van der Waals surface area contributed by atoms with Crippen molar-refractivity contribution in [3.63, 3.8) is 0 Å². The van der Waals surface area contributed by atoms with Gasteiger partial charge in [0, 0.05) is 5.02 Å². The predicted molar refractivity (Wildman–Crippen MR) is 75.1 cm³/mol. The fourth-order valence-corrected chi connectivity index (χ4v) is 2.80. The molecule has 0 aliphatic carbocycles. The highest BCUT2D eigenvalue weighted by atomic mass is 35.5. The van der Waals surface area contributed by atoms with Crippen LogP contribution in [0.25, 0.3) is 0 Å². The van der Waals surface area contributed by atoms with Gasteiger partial charge in [0.1, 0.15) is 5.75 Å². The number of phenolic OH excluding ortho intramolecular Hbond substituents is 1. The van der Waals surface area contributed by atoms with Gasteiger partial charge < -0.3 is 5.11 Å². The van der Waals surface area contributed by atoms with Crippen LogP contribution in [0.1, 0.15) is 5.56 Å². The minimum atomic E-state index is -3.73. The molecule has 0 aliphatic heterocycles. The van der Waals surface area contributed by atoms with E-state index in [-0.39, 0.29) is 16.3 Å². The number of aryl methyl sites for hydroxylation is 1. The fraction of sp³-hybridized carbons (Fsp3) is 0.0769. The van der Waals surface area contributed by atoms with Crippen LogP contribution in [0.2, 0.25) is 5.02 Å². The second-order valence-corrected chi connectivity index (χ2v) is 6.13. The first-order valence-electron chi connectivity index (χ1n) is 5.47. The standard InChI is InChI=1S/C13H12ClNO3S/c1-9-7-13(16)12(8-11(9)14)15-19(17,18)10-5-3-2-4-6-10/h2-8,15-16H,1H3. The Labute approximate surface area is 116 Å². The lowest BCUT2D eigenvalue weighted by Crippen LogP contribution is -2.13. The molecule has 0 saturated heterocycles. The Morgan fingerprint density at radius 3 is 2.42 bits per heavy atom. The molecule has 0 aromatic heterocycles. The highest BCUT2D eigenvalue weighted by Gasteiger charge is 2.16. The molecule has 2 rings (SSSR count). The number of nitrogens with one attached hydrogen (secondary N) is 1. The van der Waals surface area contributed by atoms with Crippen LogP contribution in [0.15, 0.2) is 47.4 Å². The molecule has 0 saturated carbocycles. The van der Waals surface area contributed by atoms with E-state index in [1.165, 1.54) is 24.3 Å². The summed E-state index contributed by atoms with van der Waals surface area (Å²) < 4.78 is 26.5. The van der Waals surface area contributed by atoms with Gasteiger partial charge in [0.15, 0.2) is 0 Å². The maximum Gasteiger partial charge on any atom is 0.262 e. The summed E-state index contributed by atoms with van der Waals surface area (Å²) in [4.78, 5) is 0.117. The molecule has 2 aromatic carbocycles. The zero-order chi connectivity index (χ0) is 14.0. The Hall–Kier alpha value is -1.72. The van der Waals surface area contributed by atoms with Crippen molar-refractivity contribution in [2.45, 2.75) is 11.8 Å². The van der Waals surface area contributed by atoms with E-state index in [4.69, 9.17) is 11.6 Å². The van der Waals surface area contributed by atoms with E-state index >= 15 is 0 Å². The Morgan fingerprint density at radius 2 is 1.79 bits per heavy atom. The van der Waals surface area contributed by atoms with Crippen molar-refractivity contribution in [2.24, 2.45) is 0 Å². The van der Waals surface area contributed by atoms with Gasteiger partial charge in [-0.05, 0) is 36.8 Å². The number of halogens is 1. The Bertz CT molecular complexity index is 699. The molecule has 0 spiro atoms. The van der Waals surface area contributed by atoms with Crippen LogP contribution >= 0.6 is 11.6 Å². The molecule has 100 valence electrons. The van der Waals surface area contributed by atoms with Gasteiger partial charge >= 0.3 is 0 Å². The maximum absolute atomic E-state index is 12.1. The molecule has 4 nitrogen and oxygen atoms in total. The third-order valence-corrected chi connectivity index (χ3v) is 4.36. The molecule has 0 amide bonds. The third-order valence-electron chi connectivity index (χ3n) is 2.57. The molecule has 0 heterocycles. The Morgan fingerprint density at radius 1 is 1.16 bits per heavy atom. The lowest BCUT2D eigenvalue weighted by atomic mass is 10.2. The molecule has 19 heavy (non-hydrogen) atoms. The number of hydrogen-bond donors (Lipinski definition) is 2. The first-order valence-corrected chi connectivity index (χ1v) is 7.33. The summed E-state index contributed by atoms with van der Waals surface area (Å²) in [5.74, 6) is -0.165. The zero-order valence-electron chi connectivity index (χ0n) is 10.1. The molecule has 0 unspecified atom stereocenters. The summed E-state index contributed by atoms with van der Waals surface area (Å²) in [6.45, 7) is 1.72. The molecular formula is C13H12ClNO3S. The molecule has 0 aliphatic rings. The van der Waals surface area contributed by atoms with Crippen LogP contribution in [0.3, 0.4) is 0 Å². The van der Waals surface area contributed by atoms with Crippen molar-refractivity contribution in [1.29, 1.82) is 0 Å². The van der Waals surface area contributed by atoms with Crippen molar-refractivity contribution in [3.8, 4) is 5.75 Å². The number of rotatable bonds is 3. The largest absolute Gasteiger partial charge is 0.506 e. The van der Waals surface area contributed by atoms with Gasteiger partial charge in [0.05, 0.1) is 10.6 Å². The topological polar surface area (TPSA) is 66.4 Å². The van der Waals surface area contributed by atoms with Gasteiger partial charge in [-0.1, -0.05) is 29.8 Å². The SMILES string of the molecule is Cc1cc(O)c(NS(=O)(=O)c2ccccc2)cc1Cl. The Balaban J connectivity index is 2.39. The van der Waals surface area contributed by atoms with E-state index in [1.807, 2.05) is 0 Å². The van der Waals surface area contributed by atoms with Crippen molar-refractivity contribution in [2.75, 3.05) is 4.72 Å². The predicted octanol–water partition coefficient (Wildman–Crippen LogP) is 3.15. The molecule has 0 bridgehead atoms. The molecule has 0 radical (unpaired) electrons. The summed E-state index contributed by atoms with van der Waals surface area (Å²) >= 11 is 5.91. The third kappa shape index (κ3) is 3.00. The highest BCUT2D eigenvalue weighted by Crippen LogP contribution is 2.31. The van der Waals surface area contributed by atoms with Gasteiger partial charge in [-0.15, -0.1) is 0 Å². The summed E-state index contributed by atoms with van der Waals surface area (Å²) in [6.07, 6.45) is 0. The second kappa shape index (κ2) is 5.11. The molecular weight excluding hydrogens is 286 g/mol. The Kier molecular flexibility index (Phi) is 3.68. The molecule has 0 atom stereocenters. The normalized spacial score (nSPS) is 11.3. The van der Waals surface area contributed by atoms with E-state index in [9.17, 15) is 13.5 Å². The van der Waals surface area contributed by atoms with E-state index in [1.54, 1.807) is 25.1 Å². The van der Waals surface area contributed by atoms with Crippen LogP contribution in [-0.2, 0) is 10.0 Å². The van der Waals surface area contributed by atoms with Crippen LogP contribution < -0.4 is 4.72 Å². The number of benzene rings is 2. The van der Waals surface area contributed by atoms with Crippen LogP contribution in [0, 0.1) is 6.92 Å². The van der Waals surface area contributed by atoms with Gasteiger partial charge in [0.2, 0.25) is 0 Å². The quantitative estimate of drug-likeness (QED) is 0.855. The molecule has 2 N–H and O–H groups in total. The number of phenols is 1. The van der Waals surface area contributed by atoms with Gasteiger partial charge in [-0.25, -0.2) is 8.42 Å². The smallest absolute Gasteiger partial charge is 0.262 e. The molecule has 2 aromatic rings. The van der Waals surface area contributed by atoms with E-state index in [0.717, 1.165) is 0 Å². The van der Waals surface area contributed by atoms with Crippen molar-refractivity contribution in [1.82, 2.24) is 0 Å². The zero-order valence-corrected chi connectivity index (χ0v) is 11.7. The average Bonchev–Trinajstić information content (AvgIpc) is 2.37. The lowest BCUT2D eigenvalue weighted by Gasteiger charge is -2.11. The summed E-state index contributed by atoms with van der Waals surface area (Å²) in [5.41, 5.74) is 0.723. The van der Waals surface area contributed by atoms with Gasteiger partial charge in [-0.2, -0.15) is 0 Å². The first-order chi connectivity index (χ1) is 8.90. The minimum Gasteiger partial charge on any atom is -0.506 e. The fourth-order valence-electron chi connectivity index (χ4n) is 1.55. The number of aromatic hydroxyl groups is 1. The molecule has 6 heteroatoms. The first kappa shape index (κ1) is 13.7. The highest BCUT2D eigenvalue weighted by molar-refractivity contribution is 7.92. The van der Waals surface area contributed by atoms with Crippen molar-refractivity contribution >= 4 is 27.3 Å². The summed E-state index contributed by atoms with van der Waals surface area (Å²) in [5, 5.41) is 10.1. The number of anilines is 1. The number of hydrogen-bond acceptors (Lipinski definition) is 3. The van der Waals surface area contributed by atoms with Crippen LogP contribution in [-0.4, -0.2) is 13.5 Å². The van der Waals surface area contributed by atoms with E-state index in [2.05, 4.69) is 4.72 Å². The average molecular weight is 298 g/mol. The van der Waals surface area contributed by atoms with E-state index in [0.29, 0.717) is 10.6 Å².